The van der Waals surface area contributed by atoms with Crippen LogP contribution in [0.25, 0.3) is 0 Å². The summed E-state index contributed by atoms with van der Waals surface area (Å²) < 4.78 is 9.89. The molecule has 1 saturated heterocycles. The first-order valence-electron chi connectivity index (χ1n) is 15.7. The molecule has 48 heavy (non-hydrogen) atoms. The van der Waals surface area contributed by atoms with Gasteiger partial charge in [0.05, 0.1) is 50.3 Å². The smallest absolute Gasteiger partial charge is 0.329 e. The molecule has 7 aliphatic rings. The third kappa shape index (κ3) is 6.71. The van der Waals surface area contributed by atoms with Crippen molar-refractivity contribution in [3.05, 3.63) is 0 Å². The first kappa shape index (κ1) is 39.7. The molecule has 7 fully saturated rings. The lowest BCUT2D eigenvalue weighted by molar-refractivity contribution is -0.151. The highest BCUT2D eigenvalue weighted by molar-refractivity contribution is 5.93. The number of ether oxygens (including phenoxy) is 2. The Morgan fingerprint density at radius 1 is 0.604 bits per heavy atom. The molecule has 0 radical (unpaired) electrons. The van der Waals surface area contributed by atoms with Gasteiger partial charge in [-0.05, 0) is 75.0 Å². The molecule has 0 unspecified atom stereocenters. The minimum absolute atomic E-state index is 0. The second-order valence-corrected chi connectivity index (χ2v) is 14.2. The SMILES string of the molecule is C1COCCO1.C[C@H](N)C(=O)N[C@@]1(C(=O)O)CC2(CC2)[C@H]2[C@H](C(=O)O)[C@H]21.C[C@H](N)C(=O)N[C@@]1(C(=O)O)CC2(CC2)[C@H]2[C@H](C(=O)O)[C@H]21.Cl.Cl. The molecule has 2 amide bonds. The zero-order valence-electron chi connectivity index (χ0n) is 26.7. The van der Waals surface area contributed by atoms with E-state index in [1.807, 2.05) is 0 Å². The van der Waals surface area contributed by atoms with E-state index in [1.54, 1.807) is 0 Å². The first-order chi connectivity index (χ1) is 21.5. The fraction of sp³-hybridized carbons (Fsp3) is 0.800. The number of nitrogens with one attached hydrogen (secondary N) is 2. The van der Waals surface area contributed by atoms with Gasteiger partial charge in [-0.2, -0.15) is 0 Å². The quantitative estimate of drug-likeness (QED) is 0.159. The van der Waals surface area contributed by atoms with E-state index in [2.05, 4.69) is 10.6 Å². The number of halogens is 2. The van der Waals surface area contributed by atoms with Gasteiger partial charge in [-0.3, -0.25) is 19.2 Å². The van der Waals surface area contributed by atoms with Crippen molar-refractivity contribution in [2.24, 2.45) is 57.8 Å². The van der Waals surface area contributed by atoms with E-state index in [-0.39, 0.29) is 47.5 Å². The van der Waals surface area contributed by atoms with Gasteiger partial charge in [0.1, 0.15) is 11.1 Å². The van der Waals surface area contributed by atoms with Crippen LogP contribution in [0.2, 0.25) is 0 Å². The first-order valence-corrected chi connectivity index (χ1v) is 15.7. The van der Waals surface area contributed by atoms with Crippen molar-refractivity contribution in [2.45, 2.75) is 75.5 Å². The summed E-state index contributed by atoms with van der Waals surface area (Å²) in [6, 6.07) is -1.63. The van der Waals surface area contributed by atoms with Crippen molar-refractivity contribution in [3.63, 3.8) is 0 Å². The number of hydrogen-bond donors (Lipinski definition) is 8. The van der Waals surface area contributed by atoms with Gasteiger partial charge in [-0.15, -0.1) is 24.8 Å². The molecule has 10 atom stereocenters. The molecule has 0 aromatic rings. The molecule has 1 aliphatic heterocycles. The van der Waals surface area contributed by atoms with Gasteiger partial charge in [0.2, 0.25) is 11.8 Å². The summed E-state index contributed by atoms with van der Waals surface area (Å²) >= 11 is 0. The van der Waals surface area contributed by atoms with Crippen LogP contribution in [0.5, 0.6) is 0 Å². The molecule has 6 saturated carbocycles. The second kappa shape index (κ2) is 13.9. The van der Waals surface area contributed by atoms with Crippen molar-refractivity contribution < 1.29 is 58.7 Å². The standard InChI is InChI=1S/2C13H18N2O5.C4H8O2.2ClH/c2*1-5(14)9(16)15-13(11(19)20)4-12(2-3-12)7-6(8(7)13)10(17)18;1-2-6-4-3-5-1;;/h2*5-8H,2-4,14H2,1H3,(H,15,16)(H,17,18)(H,19,20);1-4H2;2*1H/t2*5-,6-,7-,8+,13-;;;/m00.../s1. The fourth-order valence-electron chi connectivity index (χ4n) is 8.82. The molecule has 10 N–H and O–H groups in total. The molecule has 2 spiro atoms. The highest BCUT2D eigenvalue weighted by Gasteiger charge is 2.84. The average molecular weight is 726 g/mol. The van der Waals surface area contributed by atoms with Crippen LogP contribution in [0.4, 0.5) is 0 Å². The Labute approximate surface area is 289 Å². The topological polar surface area (TPSA) is 278 Å². The van der Waals surface area contributed by atoms with E-state index < -0.39 is 82.5 Å². The number of carboxylic acids is 4. The Morgan fingerprint density at radius 2 is 0.896 bits per heavy atom. The third-order valence-corrected chi connectivity index (χ3v) is 11.2. The van der Waals surface area contributed by atoms with Crippen molar-refractivity contribution >= 4 is 60.5 Å². The number of carbonyl (C=O) groups is 6. The van der Waals surface area contributed by atoms with Crippen molar-refractivity contribution in [2.75, 3.05) is 26.4 Å². The van der Waals surface area contributed by atoms with Crippen LogP contribution in [0.1, 0.15) is 52.4 Å². The Kier molecular flexibility index (Phi) is 11.5. The Morgan fingerprint density at radius 3 is 1.08 bits per heavy atom. The summed E-state index contributed by atoms with van der Waals surface area (Å²) in [5.41, 5.74) is 7.66. The predicted molar refractivity (Wildman–Crippen MR) is 169 cm³/mol. The van der Waals surface area contributed by atoms with Crippen molar-refractivity contribution in [1.29, 1.82) is 0 Å². The Bertz CT molecular complexity index is 1220. The largest absolute Gasteiger partial charge is 0.481 e. The summed E-state index contributed by atoms with van der Waals surface area (Å²) in [5, 5.41) is 42.8. The van der Waals surface area contributed by atoms with Gasteiger partial charge >= 0.3 is 23.9 Å². The van der Waals surface area contributed by atoms with Crippen LogP contribution in [0.3, 0.4) is 0 Å². The maximum Gasteiger partial charge on any atom is 0.329 e. The van der Waals surface area contributed by atoms with Gasteiger partial charge in [-0.25, -0.2) is 9.59 Å². The van der Waals surface area contributed by atoms with Crippen LogP contribution >= 0.6 is 24.8 Å². The Hall–Kier alpha value is -2.76. The van der Waals surface area contributed by atoms with E-state index >= 15 is 0 Å². The highest BCUT2D eigenvalue weighted by atomic mass is 35.5. The number of amides is 2. The van der Waals surface area contributed by atoms with Crippen LogP contribution in [-0.2, 0) is 38.2 Å². The molecule has 272 valence electrons. The van der Waals surface area contributed by atoms with Crippen molar-refractivity contribution in [1.82, 2.24) is 10.6 Å². The number of carbonyl (C=O) groups excluding carboxylic acids is 2. The van der Waals surface area contributed by atoms with Gasteiger partial charge in [0.25, 0.3) is 0 Å². The number of carboxylic acid groups (broad SMARTS) is 4. The maximum absolute atomic E-state index is 11.8. The Balaban J connectivity index is 0.000000214. The highest BCUT2D eigenvalue weighted by Crippen LogP contribution is 2.79. The normalized spacial score (nSPS) is 37.0. The van der Waals surface area contributed by atoms with Crippen molar-refractivity contribution in [3.8, 4) is 0 Å². The summed E-state index contributed by atoms with van der Waals surface area (Å²) in [5.74, 6) is -7.88. The average Bonchev–Trinajstić information content (AvgIpc) is 3.82. The molecule has 18 heteroatoms. The number of fused-ring (bicyclic) bond motifs is 4. The third-order valence-electron chi connectivity index (χ3n) is 11.2. The lowest BCUT2D eigenvalue weighted by atomic mass is 9.84. The minimum Gasteiger partial charge on any atom is -0.481 e. The molecule has 0 aromatic carbocycles. The zero-order chi connectivity index (χ0) is 34.0. The van der Waals surface area contributed by atoms with E-state index in [9.17, 15) is 49.2 Å². The summed E-state index contributed by atoms with van der Waals surface area (Å²) in [7, 11) is 0. The predicted octanol–water partition coefficient (Wildman–Crippen LogP) is -0.315. The summed E-state index contributed by atoms with van der Waals surface area (Å²) in [4.78, 5) is 69.8. The molecule has 0 bridgehead atoms. The van der Waals surface area contributed by atoms with Gasteiger partial charge in [0.15, 0.2) is 0 Å². The molecule has 16 nitrogen and oxygen atoms in total. The van der Waals surface area contributed by atoms with E-state index in [4.69, 9.17) is 20.9 Å². The molecule has 1 heterocycles. The lowest BCUT2D eigenvalue weighted by Crippen LogP contribution is -2.59. The lowest BCUT2D eigenvalue weighted by Gasteiger charge is -2.31. The molecule has 0 aromatic heterocycles. The van der Waals surface area contributed by atoms with Gasteiger partial charge < -0.3 is 52.0 Å². The van der Waals surface area contributed by atoms with Crippen LogP contribution in [0.15, 0.2) is 0 Å². The molecular weight excluding hydrogens is 679 g/mol. The van der Waals surface area contributed by atoms with E-state index in [0.717, 1.165) is 52.1 Å². The van der Waals surface area contributed by atoms with E-state index in [1.165, 1.54) is 13.8 Å². The fourth-order valence-corrected chi connectivity index (χ4v) is 8.82. The van der Waals surface area contributed by atoms with Crippen LogP contribution < -0.4 is 22.1 Å². The number of aliphatic carboxylic acids is 4. The summed E-state index contributed by atoms with van der Waals surface area (Å²) in [6.07, 6.45) is 4.05. The maximum atomic E-state index is 11.8. The van der Waals surface area contributed by atoms with Gasteiger partial charge in [-0.1, -0.05) is 0 Å². The van der Waals surface area contributed by atoms with Crippen LogP contribution in [-0.4, -0.2) is 106 Å². The number of rotatable bonds is 8. The van der Waals surface area contributed by atoms with E-state index in [0.29, 0.717) is 12.8 Å². The molecular formula is C30H46Cl2N4O12. The monoisotopic (exact) mass is 724 g/mol. The van der Waals surface area contributed by atoms with Gasteiger partial charge in [0, 0.05) is 11.8 Å². The minimum atomic E-state index is -1.46. The number of nitrogens with two attached hydrogens (primary N) is 2. The van der Waals surface area contributed by atoms with Crippen LogP contribution in [0, 0.1) is 46.3 Å². The zero-order valence-corrected chi connectivity index (χ0v) is 28.3. The molecule has 6 aliphatic carbocycles. The number of hydrogen-bond acceptors (Lipinski definition) is 10. The summed E-state index contributed by atoms with van der Waals surface area (Å²) in [6.45, 7) is 6.07. The molecule has 7 rings (SSSR count). The second-order valence-electron chi connectivity index (χ2n) is 14.2.